The molecule has 0 fully saturated rings. The third-order valence-electron chi connectivity index (χ3n) is 5.12. The van der Waals surface area contributed by atoms with E-state index in [2.05, 4.69) is 5.32 Å². The molecule has 1 heterocycles. The van der Waals surface area contributed by atoms with Crippen LogP contribution in [-0.4, -0.2) is 27.7 Å². The zero-order chi connectivity index (χ0) is 22.0. The van der Waals surface area contributed by atoms with E-state index in [1.54, 1.807) is 48.5 Å². The minimum absolute atomic E-state index is 0.117. The van der Waals surface area contributed by atoms with E-state index >= 15 is 0 Å². The van der Waals surface area contributed by atoms with Crippen molar-refractivity contribution < 1.29 is 22.7 Å². The van der Waals surface area contributed by atoms with Crippen LogP contribution < -0.4 is 19.1 Å². The number of carbonyl (C=O) groups excluding carboxylic acids is 1. The first-order chi connectivity index (χ1) is 14.9. The molecule has 0 aromatic heterocycles. The normalized spacial score (nSPS) is 12.5. The number of carbonyl (C=O) groups is 1. The minimum atomic E-state index is -3.96. The highest BCUT2D eigenvalue weighted by atomic mass is 32.2. The average Bonchev–Trinajstić information content (AvgIpc) is 3.23. The maximum atomic E-state index is 13.4. The minimum Gasteiger partial charge on any atom is -0.454 e. The lowest BCUT2D eigenvalue weighted by molar-refractivity contribution is -0.114. The van der Waals surface area contributed by atoms with Crippen molar-refractivity contribution in [3.05, 3.63) is 77.9 Å². The van der Waals surface area contributed by atoms with Gasteiger partial charge in [0.1, 0.15) is 6.54 Å². The highest BCUT2D eigenvalue weighted by Gasteiger charge is 2.28. The molecule has 3 aromatic rings. The molecular formula is C23H22N2O5S. The van der Waals surface area contributed by atoms with Gasteiger partial charge in [-0.2, -0.15) is 0 Å². The highest BCUT2D eigenvalue weighted by molar-refractivity contribution is 7.92. The Morgan fingerprint density at radius 2 is 1.71 bits per heavy atom. The molecule has 0 unspecified atom stereocenters. The standard InChI is InChI=1S/C23H22N2O5S/c1-16-7-6-10-20(17(16)2)25(31(27,28)19-8-4-3-5-9-19)14-23(26)24-18-11-12-21-22(13-18)30-15-29-21/h3-13H,14-15H2,1-2H3,(H,24,26). The maximum Gasteiger partial charge on any atom is 0.264 e. The first kappa shape index (κ1) is 20.7. The van der Waals surface area contributed by atoms with E-state index in [0.29, 0.717) is 22.9 Å². The molecule has 0 bridgehead atoms. The Labute approximate surface area is 181 Å². The van der Waals surface area contributed by atoms with Crippen LogP contribution in [0.5, 0.6) is 11.5 Å². The molecule has 0 spiro atoms. The van der Waals surface area contributed by atoms with Gasteiger partial charge in [-0.1, -0.05) is 30.3 Å². The van der Waals surface area contributed by atoms with Crippen molar-refractivity contribution in [2.24, 2.45) is 0 Å². The Balaban J connectivity index is 1.66. The monoisotopic (exact) mass is 438 g/mol. The van der Waals surface area contributed by atoms with E-state index in [4.69, 9.17) is 9.47 Å². The van der Waals surface area contributed by atoms with Crippen molar-refractivity contribution >= 4 is 27.3 Å². The van der Waals surface area contributed by atoms with Gasteiger partial charge in [0, 0.05) is 11.8 Å². The molecule has 31 heavy (non-hydrogen) atoms. The molecule has 0 saturated heterocycles. The number of benzene rings is 3. The summed E-state index contributed by atoms with van der Waals surface area (Å²) in [5, 5.41) is 2.75. The van der Waals surface area contributed by atoms with Crippen LogP contribution in [-0.2, 0) is 14.8 Å². The Morgan fingerprint density at radius 3 is 2.48 bits per heavy atom. The number of hydrogen-bond donors (Lipinski definition) is 1. The Morgan fingerprint density at radius 1 is 0.968 bits per heavy atom. The summed E-state index contributed by atoms with van der Waals surface area (Å²) in [5.41, 5.74) is 2.68. The fraction of sp³-hybridized carbons (Fsp3) is 0.174. The molecule has 7 nitrogen and oxygen atoms in total. The summed E-state index contributed by atoms with van der Waals surface area (Å²) in [6, 6.07) is 18.5. The SMILES string of the molecule is Cc1cccc(N(CC(=O)Nc2ccc3c(c2)OCO3)S(=O)(=O)c2ccccc2)c1C. The number of anilines is 2. The fourth-order valence-corrected chi connectivity index (χ4v) is 4.83. The third kappa shape index (κ3) is 4.20. The van der Waals surface area contributed by atoms with Gasteiger partial charge in [0.15, 0.2) is 11.5 Å². The van der Waals surface area contributed by atoms with Gasteiger partial charge in [-0.15, -0.1) is 0 Å². The zero-order valence-electron chi connectivity index (χ0n) is 17.2. The predicted molar refractivity (Wildman–Crippen MR) is 118 cm³/mol. The van der Waals surface area contributed by atoms with Crippen LogP contribution in [0.1, 0.15) is 11.1 Å². The summed E-state index contributed by atoms with van der Waals surface area (Å²) >= 11 is 0. The molecule has 8 heteroatoms. The molecule has 160 valence electrons. The second kappa shape index (κ2) is 8.31. The predicted octanol–water partition coefficient (Wildman–Crippen LogP) is 3.87. The molecule has 0 radical (unpaired) electrons. The van der Waals surface area contributed by atoms with Crippen molar-refractivity contribution in [1.29, 1.82) is 0 Å². The van der Waals surface area contributed by atoms with Gasteiger partial charge in [0.2, 0.25) is 12.7 Å². The number of nitrogens with zero attached hydrogens (tertiary/aromatic N) is 1. The highest BCUT2D eigenvalue weighted by Crippen LogP contribution is 2.34. The number of nitrogens with one attached hydrogen (secondary N) is 1. The van der Waals surface area contributed by atoms with Crippen molar-refractivity contribution in [2.75, 3.05) is 23.0 Å². The van der Waals surface area contributed by atoms with Crippen LogP contribution in [0, 0.1) is 13.8 Å². The molecule has 0 atom stereocenters. The van der Waals surface area contributed by atoms with Crippen molar-refractivity contribution in [3.8, 4) is 11.5 Å². The second-order valence-electron chi connectivity index (χ2n) is 7.16. The lowest BCUT2D eigenvalue weighted by Crippen LogP contribution is -2.38. The average molecular weight is 439 g/mol. The van der Waals surface area contributed by atoms with Gasteiger partial charge < -0.3 is 14.8 Å². The number of ether oxygens (including phenoxy) is 2. The topological polar surface area (TPSA) is 84.9 Å². The summed E-state index contributed by atoms with van der Waals surface area (Å²) in [6.07, 6.45) is 0. The second-order valence-corrected chi connectivity index (χ2v) is 9.02. The summed E-state index contributed by atoms with van der Waals surface area (Å²) in [7, 11) is -3.96. The van der Waals surface area contributed by atoms with Crippen LogP contribution >= 0.6 is 0 Å². The maximum absolute atomic E-state index is 13.4. The van der Waals surface area contributed by atoms with Gasteiger partial charge in [-0.05, 0) is 55.3 Å². The molecule has 0 saturated carbocycles. The van der Waals surface area contributed by atoms with Crippen LogP contribution in [0.15, 0.2) is 71.6 Å². The number of rotatable bonds is 6. The molecule has 1 amide bonds. The number of hydrogen-bond acceptors (Lipinski definition) is 5. The Kier molecular flexibility index (Phi) is 5.56. The van der Waals surface area contributed by atoms with Gasteiger partial charge in [0.25, 0.3) is 10.0 Å². The van der Waals surface area contributed by atoms with Crippen molar-refractivity contribution in [1.82, 2.24) is 0 Å². The van der Waals surface area contributed by atoms with Gasteiger partial charge >= 0.3 is 0 Å². The van der Waals surface area contributed by atoms with Crippen LogP contribution in [0.25, 0.3) is 0 Å². The smallest absolute Gasteiger partial charge is 0.264 e. The molecule has 4 rings (SSSR count). The van der Waals surface area contributed by atoms with Crippen LogP contribution in [0.3, 0.4) is 0 Å². The largest absolute Gasteiger partial charge is 0.454 e. The first-order valence-electron chi connectivity index (χ1n) is 9.70. The number of fused-ring (bicyclic) bond motifs is 1. The van der Waals surface area contributed by atoms with E-state index in [9.17, 15) is 13.2 Å². The molecule has 0 aliphatic carbocycles. The lowest BCUT2D eigenvalue weighted by atomic mass is 10.1. The molecule has 1 aliphatic rings. The van der Waals surface area contributed by atoms with Gasteiger partial charge in [0.05, 0.1) is 10.6 Å². The van der Waals surface area contributed by atoms with Gasteiger partial charge in [-0.3, -0.25) is 9.10 Å². The molecular weight excluding hydrogens is 416 g/mol. The van der Waals surface area contributed by atoms with E-state index < -0.39 is 15.9 Å². The van der Waals surface area contributed by atoms with E-state index in [-0.39, 0.29) is 18.2 Å². The third-order valence-corrected chi connectivity index (χ3v) is 6.89. The zero-order valence-corrected chi connectivity index (χ0v) is 18.0. The molecule has 1 N–H and O–H groups in total. The van der Waals surface area contributed by atoms with Crippen LogP contribution in [0.2, 0.25) is 0 Å². The quantitative estimate of drug-likeness (QED) is 0.632. The number of aryl methyl sites for hydroxylation is 1. The Bertz CT molecular complexity index is 1230. The first-order valence-corrected chi connectivity index (χ1v) is 11.1. The van der Waals surface area contributed by atoms with E-state index in [1.807, 2.05) is 19.9 Å². The van der Waals surface area contributed by atoms with Crippen molar-refractivity contribution in [3.63, 3.8) is 0 Å². The van der Waals surface area contributed by atoms with Gasteiger partial charge in [-0.25, -0.2) is 8.42 Å². The molecule has 3 aromatic carbocycles. The Hall–Kier alpha value is -3.52. The summed E-state index contributed by atoms with van der Waals surface area (Å²) in [4.78, 5) is 13.0. The summed E-state index contributed by atoms with van der Waals surface area (Å²) in [5.74, 6) is 0.655. The van der Waals surface area contributed by atoms with E-state index in [1.165, 1.54) is 12.1 Å². The van der Waals surface area contributed by atoms with Crippen LogP contribution in [0.4, 0.5) is 11.4 Å². The molecule has 1 aliphatic heterocycles. The summed E-state index contributed by atoms with van der Waals surface area (Å²) in [6.45, 7) is 3.49. The summed E-state index contributed by atoms with van der Waals surface area (Å²) < 4.78 is 38.6. The van der Waals surface area contributed by atoms with E-state index in [0.717, 1.165) is 15.4 Å². The number of sulfonamides is 1. The lowest BCUT2D eigenvalue weighted by Gasteiger charge is -2.26. The van der Waals surface area contributed by atoms with Crippen molar-refractivity contribution in [2.45, 2.75) is 18.7 Å². The number of amides is 1. The fourth-order valence-electron chi connectivity index (χ4n) is 3.33.